The third-order valence-electron chi connectivity index (χ3n) is 5.61. The van der Waals surface area contributed by atoms with Crippen LogP contribution in [0.4, 0.5) is 0 Å². The van der Waals surface area contributed by atoms with Gasteiger partial charge in [-0.25, -0.2) is 14.8 Å². The fraction of sp³-hybridized carbons (Fsp3) is 0.560. The summed E-state index contributed by atoms with van der Waals surface area (Å²) in [6, 6.07) is 7.07. The summed E-state index contributed by atoms with van der Waals surface area (Å²) >= 11 is 6.10. The lowest BCUT2D eigenvalue weighted by Gasteiger charge is -2.17. The topological polar surface area (TPSA) is 63.1 Å². The highest BCUT2D eigenvalue weighted by Crippen LogP contribution is 2.30. The van der Waals surface area contributed by atoms with E-state index in [0.29, 0.717) is 11.4 Å². The molecule has 0 fully saturated rings. The molecule has 0 spiro atoms. The molecular formula is C25H35ClN2O2. The van der Waals surface area contributed by atoms with Gasteiger partial charge in [0.25, 0.3) is 0 Å². The zero-order chi connectivity index (χ0) is 21.8. The van der Waals surface area contributed by atoms with Crippen LogP contribution in [-0.4, -0.2) is 21.0 Å². The van der Waals surface area contributed by atoms with Crippen molar-refractivity contribution in [2.45, 2.75) is 89.4 Å². The van der Waals surface area contributed by atoms with Crippen LogP contribution >= 0.6 is 11.6 Å². The first-order valence-corrected chi connectivity index (χ1v) is 11.7. The standard InChI is InChI=1S/C25H35ClN2O2/c1-3-4-5-6-7-8-9-10-11-12-13-20-18-27-23(28-19-20)21-14-16-22(17-15-21)25(2,26)24(29)30/h14-19H,3-13H2,1-2H3,(H,29,30)/t25-/m1/s1. The van der Waals surface area contributed by atoms with Crippen LogP contribution < -0.4 is 0 Å². The van der Waals surface area contributed by atoms with Gasteiger partial charge in [-0.3, -0.25) is 0 Å². The number of aliphatic carboxylic acids is 1. The zero-order valence-corrected chi connectivity index (χ0v) is 19.1. The van der Waals surface area contributed by atoms with Gasteiger partial charge < -0.3 is 5.11 Å². The molecule has 1 aromatic carbocycles. The number of benzene rings is 1. The van der Waals surface area contributed by atoms with Gasteiger partial charge in [0.2, 0.25) is 0 Å². The molecule has 1 heterocycles. The second kappa shape index (κ2) is 12.7. The van der Waals surface area contributed by atoms with Gasteiger partial charge in [-0.2, -0.15) is 0 Å². The Kier molecular flexibility index (Phi) is 10.3. The number of unbranched alkanes of at least 4 members (excludes halogenated alkanes) is 9. The summed E-state index contributed by atoms with van der Waals surface area (Å²) < 4.78 is 0. The molecule has 0 bridgehead atoms. The average Bonchev–Trinajstić information content (AvgIpc) is 2.75. The fourth-order valence-corrected chi connectivity index (χ4v) is 3.63. The van der Waals surface area contributed by atoms with E-state index < -0.39 is 10.8 Å². The summed E-state index contributed by atoms with van der Waals surface area (Å²) in [5, 5.41) is 9.23. The molecule has 164 valence electrons. The van der Waals surface area contributed by atoms with Crippen LogP contribution in [0.3, 0.4) is 0 Å². The number of hydrogen-bond acceptors (Lipinski definition) is 3. The third kappa shape index (κ3) is 7.71. The Balaban J connectivity index is 1.72. The Labute approximate surface area is 186 Å². The number of carboxylic acid groups (broad SMARTS) is 1. The molecule has 0 unspecified atom stereocenters. The van der Waals surface area contributed by atoms with Crippen LogP contribution in [-0.2, 0) is 16.1 Å². The number of rotatable bonds is 14. The highest BCUT2D eigenvalue weighted by atomic mass is 35.5. The number of carboxylic acids is 1. The zero-order valence-electron chi connectivity index (χ0n) is 18.4. The highest BCUT2D eigenvalue weighted by Gasteiger charge is 2.32. The van der Waals surface area contributed by atoms with Crippen molar-refractivity contribution in [1.82, 2.24) is 9.97 Å². The van der Waals surface area contributed by atoms with Gasteiger partial charge in [0.1, 0.15) is 0 Å². The molecule has 2 aromatic rings. The molecule has 0 aliphatic carbocycles. The first-order chi connectivity index (χ1) is 14.4. The summed E-state index contributed by atoms with van der Waals surface area (Å²) in [7, 11) is 0. The maximum Gasteiger partial charge on any atom is 0.329 e. The van der Waals surface area contributed by atoms with E-state index >= 15 is 0 Å². The van der Waals surface area contributed by atoms with Gasteiger partial charge in [-0.15, -0.1) is 11.6 Å². The molecule has 5 heteroatoms. The molecule has 1 N–H and O–H groups in total. The molecule has 0 radical (unpaired) electrons. The van der Waals surface area contributed by atoms with Gasteiger partial charge in [0.05, 0.1) is 0 Å². The molecule has 1 aromatic heterocycles. The molecule has 0 aliphatic rings. The Morgan fingerprint density at radius 1 is 0.900 bits per heavy atom. The van der Waals surface area contributed by atoms with Crippen molar-refractivity contribution in [1.29, 1.82) is 0 Å². The summed E-state index contributed by atoms with van der Waals surface area (Å²) in [5.74, 6) is -0.426. The van der Waals surface area contributed by atoms with E-state index in [2.05, 4.69) is 16.9 Å². The molecule has 0 saturated heterocycles. The molecule has 0 aliphatic heterocycles. The van der Waals surface area contributed by atoms with Crippen molar-refractivity contribution >= 4 is 17.6 Å². The van der Waals surface area contributed by atoms with Gasteiger partial charge in [-0.1, -0.05) is 89.0 Å². The van der Waals surface area contributed by atoms with Crippen molar-refractivity contribution in [3.63, 3.8) is 0 Å². The Hall–Kier alpha value is -1.94. The van der Waals surface area contributed by atoms with Crippen LogP contribution in [0.1, 0.15) is 89.2 Å². The van der Waals surface area contributed by atoms with Crippen molar-refractivity contribution in [3.05, 3.63) is 47.8 Å². The molecule has 30 heavy (non-hydrogen) atoms. The summed E-state index contributed by atoms with van der Waals surface area (Å²) in [6.45, 7) is 3.74. The first kappa shape index (κ1) is 24.3. The highest BCUT2D eigenvalue weighted by molar-refractivity contribution is 6.33. The summed E-state index contributed by atoms with van der Waals surface area (Å²) in [6.07, 6.45) is 18.1. The second-order valence-electron chi connectivity index (χ2n) is 8.23. The Morgan fingerprint density at radius 2 is 1.40 bits per heavy atom. The molecule has 2 rings (SSSR count). The Bertz CT molecular complexity index is 758. The maximum atomic E-state index is 11.3. The maximum absolute atomic E-state index is 11.3. The molecule has 4 nitrogen and oxygen atoms in total. The number of alkyl halides is 1. The third-order valence-corrected chi connectivity index (χ3v) is 5.99. The van der Waals surface area contributed by atoms with E-state index in [0.717, 1.165) is 17.5 Å². The van der Waals surface area contributed by atoms with E-state index in [9.17, 15) is 9.90 Å². The van der Waals surface area contributed by atoms with Crippen molar-refractivity contribution in [2.24, 2.45) is 0 Å². The lowest BCUT2D eigenvalue weighted by molar-refractivity contribution is -0.139. The second-order valence-corrected chi connectivity index (χ2v) is 8.99. The van der Waals surface area contributed by atoms with Gasteiger partial charge in [-0.05, 0) is 30.9 Å². The van der Waals surface area contributed by atoms with E-state index in [1.807, 2.05) is 24.5 Å². The quantitative estimate of drug-likeness (QED) is 0.255. The molecular weight excluding hydrogens is 396 g/mol. The van der Waals surface area contributed by atoms with E-state index in [1.165, 1.54) is 71.1 Å². The van der Waals surface area contributed by atoms with Gasteiger partial charge >= 0.3 is 5.97 Å². The van der Waals surface area contributed by atoms with Crippen LogP contribution in [0.25, 0.3) is 11.4 Å². The van der Waals surface area contributed by atoms with E-state index in [-0.39, 0.29) is 0 Å². The molecule has 0 amide bonds. The summed E-state index contributed by atoms with van der Waals surface area (Å²) in [4.78, 5) is 18.8. The number of aryl methyl sites for hydroxylation is 1. The minimum atomic E-state index is -1.43. The van der Waals surface area contributed by atoms with Crippen LogP contribution in [0.2, 0.25) is 0 Å². The number of carbonyl (C=O) groups is 1. The predicted octanol–water partition coefficient (Wildman–Crippen LogP) is 7.15. The SMILES string of the molecule is CCCCCCCCCCCCc1cnc(-c2ccc([C@@](C)(Cl)C(=O)O)cc2)nc1. The van der Waals surface area contributed by atoms with Crippen LogP contribution in [0.5, 0.6) is 0 Å². The van der Waals surface area contributed by atoms with Crippen LogP contribution in [0.15, 0.2) is 36.7 Å². The smallest absolute Gasteiger partial charge is 0.329 e. The van der Waals surface area contributed by atoms with E-state index in [4.69, 9.17) is 11.6 Å². The number of nitrogens with zero attached hydrogens (tertiary/aromatic N) is 2. The summed E-state index contributed by atoms with van der Waals surface area (Å²) in [5.41, 5.74) is 2.55. The normalized spacial score (nSPS) is 13.2. The van der Waals surface area contributed by atoms with Crippen molar-refractivity contribution in [2.75, 3.05) is 0 Å². The van der Waals surface area contributed by atoms with Crippen molar-refractivity contribution < 1.29 is 9.90 Å². The minimum absolute atomic E-state index is 0.540. The number of halogens is 1. The lowest BCUT2D eigenvalue weighted by Crippen LogP contribution is -2.25. The fourth-order valence-electron chi connectivity index (χ4n) is 3.51. The largest absolute Gasteiger partial charge is 0.480 e. The van der Waals surface area contributed by atoms with E-state index in [1.54, 1.807) is 12.1 Å². The molecule has 0 saturated carbocycles. The lowest BCUT2D eigenvalue weighted by atomic mass is 9.99. The van der Waals surface area contributed by atoms with Gasteiger partial charge in [0.15, 0.2) is 10.7 Å². The molecule has 1 atom stereocenters. The average molecular weight is 431 g/mol. The van der Waals surface area contributed by atoms with Crippen LogP contribution in [0, 0.1) is 0 Å². The minimum Gasteiger partial charge on any atom is -0.480 e. The van der Waals surface area contributed by atoms with Crippen molar-refractivity contribution in [3.8, 4) is 11.4 Å². The van der Waals surface area contributed by atoms with Gasteiger partial charge in [0, 0.05) is 18.0 Å². The number of aromatic nitrogens is 2. The first-order valence-electron chi connectivity index (χ1n) is 11.3. The Morgan fingerprint density at radius 3 is 1.90 bits per heavy atom. The monoisotopic (exact) mass is 430 g/mol. The predicted molar refractivity (Wildman–Crippen MR) is 124 cm³/mol. The number of hydrogen-bond donors (Lipinski definition) is 1.